The van der Waals surface area contributed by atoms with Crippen molar-refractivity contribution in [1.82, 2.24) is 15.6 Å². The summed E-state index contributed by atoms with van der Waals surface area (Å²) in [6.45, 7) is 2.78. The SMILES string of the molecule is CN1NN(COCCCOc2ccc3ccccc3c2)CC1c1ccccc1. The lowest BCUT2D eigenvalue weighted by Gasteiger charge is -2.18. The molecule has 0 aliphatic carbocycles. The lowest BCUT2D eigenvalue weighted by Crippen LogP contribution is -2.38. The number of nitrogens with one attached hydrogen (secondary N) is 1. The summed E-state index contributed by atoms with van der Waals surface area (Å²) in [6, 6.07) is 25.4. The third-order valence-corrected chi connectivity index (χ3v) is 5.01. The minimum Gasteiger partial charge on any atom is -0.493 e. The van der Waals surface area contributed by atoms with Crippen molar-refractivity contribution in [3.05, 3.63) is 78.4 Å². The van der Waals surface area contributed by atoms with Crippen molar-refractivity contribution in [3.8, 4) is 5.75 Å². The summed E-state index contributed by atoms with van der Waals surface area (Å²) in [6.07, 6.45) is 0.860. The highest BCUT2D eigenvalue weighted by molar-refractivity contribution is 5.83. The highest BCUT2D eigenvalue weighted by atomic mass is 16.5. The van der Waals surface area contributed by atoms with E-state index in [1.807, 2.05) is 18.2 Å². The molecular formula is C23H27N3O2. The van der Waals surface area contributed by atoms with E-state index in [1.54, 1.807) is 0 Å². The standard InChI is InChI=1S/C23H27N3O2/c1-25-23(20-9-3-2-4-10-20)17-26(24-25)18-27-14-7-15-28-22-13-12-19-8-5-6-11-21(19)16-22/h2-6,8-13,16,23-24H,7,14-15,17-18H2,1H3. The molecule has 1 unspecified atom stereocenters. The zero-order chi connectivity index (χ0) is 19.2. The fourth-order valence-corrected chi connectivity index (χ4v) is 3.53. The Bertz CT molecular complexity index is 887. The molecular weight excluding hydrogens is 350 g/mol. The molecule has 3 aromatic rings. The van der Waals surface area contributed by atoms with E-state index in [4.69, 9.17) is 9.47 Å². The summed E-state index contributed by atoms with van der Waals surface area (Å²) in [4.78, 5) is 0. The summed E-state index contributed by atoms with van der Waals surface area (Å²) < 4.78 is 11.7. The minimum absolute atomic E-state index is 0.334. The summed E-state index contributed by atoms with van der Waals surface area (Å²) in [5.41, 5.74) is 4.66. The number of benzene rings is 3. The van der Waals surface area contributed by atoms with E-state index in [0.717, 1.165) is 18.7 Å². The molecule has 0 bridgehead atoms. The molecule has 1 N–H and O–H groups in total. The maximum Gasteiger partial charge on any atom is 0.119 e. The van der Waals surface area contributed by atoms with Gasteiger partial charge in [-0.05, 0) is 28.5 Å². The first-order valence-corrected chi connectivity index (χ1v) is 9.78. The predicted octanol–water partition coefficient (Wildman–Crippen LogP) is 3.99. The molecule has 1 aliphatic rings. The molecule has 0 saturated carbocycles. The van der Waals surface area contributed by atoms with Crippen LogP contribution >= 0.6 is 0 Å². The highest BCUT2D eigenvalue weighted by Gasteiger charge is 2.28. The quantitative estimate of drug-likeness (QED) is 0.601. The molecule has 146 valence electrons. The molecule has 0 aromatic heterocycles. The van der Waals surface area contributed by atoms with Gasteiger partial charge in [0.25, 0.3) is 0 Å². The lowest BCUT2D eigenvalue weighted by molar-refractivity contribution is -0.00944. The zero-order valence-corrected chi connectivity index (χ0v) is 16.3. The molecule has 5 heteroatoms. The molecule has 1 aliphatic heterocycles. The van der Waals surface area contributed by atoms with Gasteiger partial charge < -0.3 is 9.47 Å². The van der Waals surface area contributed by atoms with E-state index in [1.165, 1.54) is 16.3 Å². The van der Waals surface area contributed by atoms with Crippen molar-refractivity contribution in [2.75, 3.05) is 33.5 Å². The number of fused-ring (bicyclic) bond motifs is 1. The van der Waals surface area contributed by atoms with Gasteiger partial charge in [-0.15, -0.1) is 0 Å². The van der Waals surface area contributed by atoms with Gasteiger partial charge in [0.15, 0.2) is 0 Å². The molecule has 28 heavy (non-hydrogen) atoms. The van der Waals surface area contributed by atoms with Crippen LogP contribution < -0.4 is 10.3 Å². The Hall–Kier alpha value is -2.44. The summed E-state index contributed by atoms with van der Waals surface area (Å²) in [7, 11) is 2.06. The number of ether oxygens (including phenoxy) is 2. The molecule has 1 heterocycles. The van der Waals surface area contributed by atoms with E-state index in [2.05, 4.69) is 77.2 Å². The van der Waals surface area contributed by atoms with E-state index < -0.39 is 0 Å². The van der Waals surface area contributed by atoms with Crippen LogP contribution in [0.5, 0.6) is 5.75 Å². The van der Waals surface area contributed by atoms with Crippen LogP contribution in [0.4, 0.5) is 0 Å². The summed E-state index contributed by atoms with van der Waals surface area (Å²) in [5.74, 6) is 0.909. The third-order valence-electron chi connectivity index (χ3n) is 5.01. The van der Waals surface area contributed by atoms with Gasteiger partial charge in [-0.3, -0.25) is 0 Å². The van der Waals surface area contributed by atoms with Crippen molar-refractivity contribution in [2.45, 2.75) is 12.5 Å². The van der Waals surface area contributed by atoms with Crippen molar-refractivity contribution in [2.24, 2.45) is 0 Å². The van der Waals surface area contributed by atoms with Crippen LogP contribution in [0.15, 0.2) is 72.8 Å². The third kappa shape index (κ3) is 4.69. The predicted molar refractivity (Wildman–Crippen MR) is 112 cm³/mol. The topological polar surface area (TPSA) is 37.0 Å². The average molecular weight is 377 g/mol. The van der Waals surface area contributed by atoms with Crippen LogP contribution in [-0.4, -0.2) is 43.6 Å². The smallest absolute Gasteiger partial charge is 0.119 e. The van der Waals surface area contributed by atoms with Gasteiger partial charge in [0, 0.05) is 20.0 Å². The number of likely N-dealkylation sites (N-methyl/N-ethyl adjacent to an activating group) is 1. The van der Waals surface area contributed by atoms with Crippen LogP contribution in [0.1, 0.15) is 18.0 Å². The van der Waals surface area contributed by atoms with Crippen LogP contribution in [-0.2, 0) is 4.74 Å². The number of hydrogen-bond acceptors (Lipinski definition) is 5. The first-order valence-electron chi connectivity index (χ1n) is 9.78. The number of hydrazine groups is 2. The molecule has 1 atom stereocenters. The van der Waals surface area contributed by atoms with Crippen LogP contribution in [0.2, 0.25) is 0 Å². The van der Waals surface area contributed by atoms with Crippen molar-refractivity contribution < 1.29 is 9.47 Å². The molecule has 5 nitrogen and oxygen atoms in total. The molecule has 4 rings (SSSR count). The number of rotatable bonds is 8. The highest BCUT2D eigenvalue weighted by Crippen LogP contribution is 2.23. The summed E-state index contributed by atoms with van der Waals surface area (Å²) in [5, 5.41) is 6.66. The van der Waals surface area contributed by atoms with E-state index in [9.17, 15) is 0 Å². The van der Waals surface area contributed by atoms with Gasteiger partial charge in [-0.25, -0.2) is 10.0 Å². The van der Waals surface area contributed by atoms with Crippen LogP contribution in [0, 0.1) is 0 Å². The van der Waals surface area contributed by atoms with Gasteiger partial charge in [0.2, 0.25) is 0 Å². The Morgan fingerprint density at radius 3 is 2.57 bits per heavy atom. The molecule has 0 amide bonds. The van der Waals surface area contributed by atoms with Gasteiger partial charge >= 0.3 is 0 Å². The molecule has 0 spiro atoms. The molecule has 1 fully saturated rings. The van der Waals surface area contributed by atoms with E-state index in [-0.39, 0.29) is 0 Å². The fourth-order valence-electron chi connectivity index (χ4n) is 3.53. The Kier molecular flexibility index (Phi) is 6.19. The van der Waals surface area contributed by atoms with Gasteiger partial charge in [0.05, 0.1) is 19.3 Å². The van der Waals surface area contributed by atoms with Crippen molar-refractivity contribution >= 4 is 10.8 Å². The Morgan fingerprint density at radius 2 is 1.71 bits per heavy atom. The molecule has 1 saturated heterocycles. The largest absolute Gasteiger partial charge is 0.493 e. The Morgan fingerprint density at radius 1 is 0.929 bits per heavy atom. The zero-order valence-electron chi connectivity index (χ0n) is 16.3. The van der Waals surface area contributed by atoms with E-state index >= 15 is 0 Å². The average Bonchev–Trinajstić information content (AvgIpc) is 3.11. The first-order chi connectivity index (χ1) is 13.8. The van der Waals surface area contributed by atoms with Gasteiger partial charge in [0.1, 0.15) is 12.5 Å². The maximum atomic E-state index is 5.86. The maximum absolute atomic E-state index is 5.86. The molecule has 3 aromatic carbocycles. The normalized spacial score (nSPS) is 18.0. The monoisotopic (exact) mass is 377 g/mol. The second kappa shape index (κ2) is 9.17. The fraction of sp³-hybridized carbons (Fsp3) is 0.304. The van der Waals surface area contributed by atoms with Crippen molar-refractivity contribution in [1.29, 1.82) is 0 Å². The lowest BCUT2D eigenvalue weighted by atomic mass is 10.1. The van der Waals surface area contributed by atoms with Crippen LogP contribution in [0.3, 0.4) is 0 Å². The van der Waals surface area contributed by atoms with Crippen molar-refractivity contribution in [3.63, 3.8) is 0 Å². The number of nitrogens with zero attached hydrogens (tertiary/aromatic N) is 2. The second-order valence-electron chi connectivity index (χ2n) is 7.11. The first kappa shape index (κ1) is 18.9. The Balaban J connectivity index is 1.15. The van der Waals surface area contributed by atoms with Gasteiger partial charge in [-0.1, -0.05) is 60.7 Å². The molecule has 0 radical (unpaired) electrons. The second-order valence-corrected chi connectivity index (χ2v) is 7.11. The van der Waals surface area contributed by atoms with E-state index in [0.29, 0.717) is 26.0 Å². The summed E-state index contributed by atoms with van der Waals surface area (Å²) >= 11 is 0. The Labute approximate surface area is 166 Å². The van der Waals surface area contributed by atoms with Crippen LogP contribution in [0.25, 0.3) is 10.8 Å². The minimum atomic E-state index is 0.334. The number of hydrogen-bond donors (Lipinski definition) is 1. The van der Waals surface area contributed by atoms with Gasteiger partial charge in [-0.2, -0.15) is 5.53 Å².